The molecule has 0 aliphatic carbocycles. The molecule has 0 fully saturated rings. The molecule has 2 aromatic rings. The lowest BCUT2D eigenvalue weighted by Gasteiger charge is -2.04. The Hall–Kier alpha value is -0.480. The van der Waals surface area contributed by atoms with Crippen LogP contribution in [0.2, 0.25) is 10.0 Å². The number of carbonyl (C=O) groups is 1. The fourth-order valence-electron chi connectivity index (χ4n) is 1.65. The van der Waals surface area contributed by atoms with Crippen molar-refractivity contribution >= 4 is 56.7 Å². The second-order valence-corrected chi connectivity index (χ2v) is 6.99. The molecule has 0 heterocycles. The summed E-state index contributed by atoms with van der Waals surface area (Å²) in [5.41, 5.74) is 0.888. The predicted molar refractivity (Wildman–Crippen MR) is 90.0 cm³/mol. The summed E-state index contributed by atoms with van der Waals surface area (Å²) in [4.78, 5) is 13.0. The number of hydrogen-bond donors (Lipinski definition) is 0. The Morgan fingerprint density at radius 3 is 2.60 bits per heavy atom. The van der Waals surface area contributed by atoms with Crippen LogP contribution in [0.4, 0.5) is 0 Å². The molecule has 0 aliphatic rings. The molecule has 0 aliphatic heterocycles. The first kappa shape index (κ1) is 15.9. The van der Waals surface area contributed by atoms with Gasteiger partial charge < -0.3 is 0 Å². The number of ketones is 1. The molecule has 0 atom stereocenters. The predicted octanol–water partition coefficient (Wildman–Crippen LogP) is 5.66. The van der Waals surface area contributed by atoms with Crippen LogP contribution < -0.4 is 0 Å². The highest BCUT2D eigenvalue weighted by Crippen LogP contribution is 2.24. The highest BCUT2D eigenvalue weighted by molar-refractivity contribution is 9.10. The molecule has 2 rings (SSSR count). The van der Waals surface area contributed by atoms with Gasteiger partial charge in [0.25, 0.3) is 0 Å². The van der Waals surface area contributed by atoms with Crippen molar-refractivity contribution in [2.45, 2.75) is 11.3 Å². The van der Waals surface area contributed by atoms with E-state index in [1.807, 2.05) is 30.3 Å². The van der Waals surface area contributed by atoms with E-state index >= 15 is 0 Å². The van der Waals surface area contributed by atoms with Crippen molar-refractivity contribution in [1.82, 2.24) is 0 Å². The summed E-state index contributed by atoms with van der Waals surface area (Å²) in [6, 6.07) is 13.2. The van der Waals surface area contributed by atoms with Gasteiger partial charge in [-0.1, -0.05) is 51.3 Å². The van der Waals surface area contributed by atoms with Crippen LogP contribution in [0.5, 0.6) is 0 Å². The van der Waals surface area contributed by atoms with Gasteiger partial charge in [-0.15, -0.1) is 11.8 Å². The minimum Gasteiger partial charge on any atom is -0.298 e. The molecular formula is C15H11BrCl2OS. The van der Waals surface area contributed by atoms with E-state index in [1.165, 1.54) is 11.8 Å². The van der Waals surface area contributed by atoms with Crippen molar-refractivity contribution in [3.63, 3.8) is 0 Å². The molecule has 0 unspecified atom stereocenters. The third-order valence-electron chi connectivity index (χ3n) is 2.58. The van der Waals surface area contributed by atoms with Gasteiger partial charge in [0.15, 0.2) is 0 Å². The van der Waals surface area contributed by atoms with Gasteiger partial charge >= 0.3 is 0 Å². The first-order valence-electron chi connectivity index (χ1n) is 5.88. The summed E-state index contributed by atoms with van der Waals surface area (Å²) < 4.78 is 1.01. The van der Waals surface area contributed by atoms with E-state index in [0.29, 0.717) is 22.2 Å². The molecular weight excluding hydrogens is 379 g/mol. The highest BCUT2D eigenvalue weighted by Gasteiger charge is 2.07. The lowest BCUT2D eigenvalue weighted by Crippen LogP contribution is -2.05. The van der Waals surface area contributed by atoms with Crippen LogP contribution in [0.1, 0.15) is 5.56 Å². The summed E-state index contributed by atoms with van der Waals surface area (Å²) in [5.74, 6) is 0.602. The van der Waals surface area contributed by atoms with Crippen LogP contribution in [-0.4, -0.2) is 11.5 Å². The van der Waals surface area contributed by atoms with E-state index in [1.54, 1.807) is 12.1 Å². The zero-order valence-corrected chi connectivity index (χ0v) is 14.3. The van der Waals surface area contributed by atoms with E-state index in [4.69, 9.17) is 23.2 Å². The van der Waals surface area contributed by atoms with E-state index in [2.05, 4.69) is 15.9 Å². The Balaban J connectivity index is 1.91. The normalized spacial score (nSPS) is 10.6. The standard InChI is InChI=1S/C15H11BrCl2OS/c16-11-2-1-3-13(8-11)20-9-12(19)6-10-4-5-14(17)15(18)7-10/h1-5,7-8H,6,9H2. The zero-order valence-electron chi connectivity index (χ0n) is 10.4. The first-order valence-corrected chi connectivity index (χ1v) is 8.42. The maximum absolute atomic E-state index is 12.0. The van der Waals surface area contributed by atoms with Gasteiger partial charge in [-0.3, -0.25) is 4.79 Å². The lowest BCUT2D eigenvalue weighted by atomic mass is 10.1. The van der Waals surface area contributed by atoms with Crippen molar-refractivity contribution in [2.75, 3.05) is 5.75 Å². The molecule has 0 bridgehead atoms. The molecule has 0 saturated carbocycles. The van der Waals surface area contributed by atoms with Crippen LogP contribution in [0.3, 0.4) is 0 Å². The minimum absolute atomic E-state index is 0.161. The molecule has 0 N–H and O–H groups in total. The minimum atomic E-state index is 0.161. The van der Waals surface area contributed by atoms with Crippen LogP contribution in [-0.2, 0) is 11.2 Å². The Morgan fingerprint density at radius 1 is 1.10 bits per heavy atom. The number of carbonyl (C=O) groups excluding carboxylic acids is 1. The fraction of sp³-hybridized carbons (Fsp3) is 0.133. The number of benzene rings is 2. The molecule has 0 radical (unpaired) electrons. The first-order chi connectivity index (χ1) is 9.54. The van der Waals surface area contributed by atoms with Gasteiger partial charge in [-0.05, 0) is 35.9 Å². The van der Waals surface area contributed by atoms with Crippen molar-refractivity contribution in [2.24, 2.45) is 0 Å². The van der Waals surface area contributed by atoms with Crippen molar-refractivity contribution in [3.8, 4) is 0 Å². The van der Waals surface area contributed by atoms with E-state index in [0.717, 1.165) is 14.9 Å². The summed E-state index contributed by atoms with van der Waals surface area (Å²) in [5, 5.41) is 0.989. The molecule has 1 nitrogen and oxygen atoms in total. The van der Waals surface area contributed by atoms with Crippen molar-refractivity contribution < 1.29 is 4.79 Å². The van der Waals surface area contributed by atoms with E-state index < -0.39 is 0 Å². The molecule has 0 aromatic heterocycles. The maximum Gasteiger partial charge on any atom is 0.147 e. The molecule has 5 heteroatoms. The lowest BCUT2D eigenvalue weighted by molar-refractivity contribution is -0.116. The Bertz CT molecular complexity index is 631. The highest BCUT2D eigenvalue weighted by atomic mass is 79.9. The zero-order chi connectivity index (χ0) is 14.5. The summed E-state index contributed by atoms with van der Waals surface area (Å²) in [7, 11) is 0. The second-order valence-electron chi connectivity index (χ2n) is 4.21. The Kier molecular flexibility index (Phi) is 5.97. The number of thioether (sulfide) groups is 1. The number of hydrogen-bond acceptors (Lipinski definition) is 2. The smallest absolute Gasteiger partial charge is 0.147 e. The van der Waals surface area contributed by atoms with Gasteiger partial charge in [0.1, 0.15) is 5.78 Å². The monoisotopic (exact) mass is 388 g/mol. The van der Waals surface area contributed by atoms with Gasteiger partial charge in [-0.2, -0.15) is 0 Å². The van der Waals surface area contributed by atoms with Crippen LogP contribution in [0.15, 0.2) is 51.8 Å². The Labute approximate surface area is 140 Å². The van der Waals surface area contributed by atoms with Crippen molar-refractivity contribution in [1.29, 1.82) is 0 Å². The third kappa shape index (κ3) is 4.81. The average molecular weight is 390 g/mol. The van der Waals surface area contributed by atoms with Crippen LogP contribution >= 0.6 is 50.9 Å². The third-order valence-corrected chi connectivity index (χ3v) is 4.87. The number of rotatable bonds is 5. The van der Waals surface area contributed by atoms with Crippen LogP contribution in [0, 0.1) is 0 Å². The Morgan fingerprint density at radius 2 is 1.90 bits per heavy atom. The number of halogens is 3. The average Bonchev–Trinajstić information content (AvgIpc) is 2.41. The van der Waals surface area contributed by atoms with Gasteiger partial charge in [-0.25, -0.2) is 0 Å². The molecule has 0 spiro atoms. The molecule has 0 amide bonds. The summed E-state index contributed by atoms with van der Waals surface area (Å²) in [6.45, 7) is 0. The van der Waals surface area contributed by atoms with Crippen LogP contribution in [0.25, 0.3) is 0 Å². The summed E-state index contributed by atoms with van der Waals surface area (Å²) in [6.07, 6.45) is 0.373. The molecule has 20 heavy (non-hydrogen) atoms. The van der Waals surface area contributed by atoms with Gasteiger partial charge in [0.2, 0.25) is 0 Å². The molecule has 104 valence electrons. The van der Waals surface area contributed by atoms with E-state index in [9.17, 15) is 4.79 Å². The number of Topliss-reactive ketones (excluding diaryl/α,β-unsaturated/α-hetero) is 1. The SMILES string of the molecule is O=C(CSc1cccc(Br)c1)Cc1ccc(Cl)c(Cl)c1. The molecule has 0 saturated heterocycles. The second kappa shape index (κ2) is 7.51. The van der Waals surface area contributed by atoms with Gasteiger partial charge in [0.05, 0.1) is 15.8 Å². The summed E-state index contributed by atoms with van der Waals surface area (Å²) >= 11 is 16.7. The largest absolute Gasteiger partial charge is 0.298 e. The van der Waals surface area contributed by atoms with Crippen molar-refractivity contribution in [3.05, 3.63) is 62.5 Å². The topological polar surface area (TPSA) is 17.1 Å². The fourth-order valence-corrected chi connectivity index (χ4v) is 3.34. The quantitative estimate of drug-likeness (QED) is 0.613. The molecule has 2 aromatic carbocycles. The van der Waals surface area contributed by atoms with E-state index in [-0.39, 0.29) is 5.78 Å². The maximum atomic E-state index is 12.0. The van der Waals surface area contributed by atoms with Gasteiger partial charge in [0, 0.05) is 15.8 Å².